The molecule has 4 atom stereocenters. The second-order valence-electron chi connectivity index (χ2n) is 9.26. The molecule has 1 aliphatic heterocycles. The Balaban J connectivity index is 2.21. The summed E-state index contributed by atoms with van der Waals surface area (Å²) in [5.41, 5.74) is 6.14. The van der Waals surface area contributed by atoms with Crippen molar-refractivity contribution in [3.63, 3.8) is 0 Å². The monoisotopic (exact) mass is 535 g/mol. The molecule has 0 bridgehead atoms. The highest BCUT2D eigenvalue weighted by Crippen LogP contribution is 2.13. The van der Waals surface area contributed by atoms with Crippen molar-refractivity contribution in [2.24, 2.45) is 5.73 Å². The van der Waals surface area contributed by atoms with Crippen molar-refractivity contribution in [1.82, 2.24) is 21.3 Å². The molecule has 0 unspecified atom stereocenters. The topological polar surface area (TPSA) is 220 Å². The van der Waals surface area contributed by atoms with Crippen molar-refractivity contribution < 1.29 is 39.3 Å². The van der Waals surface area contributed by atoms with Gasteiger partial charge in [0.05, 0.1) is 6.04 Å². The molecule has 9 N–H and O–H groups in total. The van der Waals surface area contributed by atoms with Crippen molar-refractivity contribution in [3.05, 3.63) is 29.8 Å². The number of aromatic hydroxyl groups is 1. The molecule has 1 aliphatic rings. The number of amides is 3. The predicted octanol–water partition coefficient (Wildman–Crippen LogP) is -0.780. The van der Waals surface area contributed by atoms with Crippen molar-refractivity contribution in [2.45, 2.75) is 75.5 Å². The standard InChI is InChI=1S/C25H37N5O8/c26-12-2-1-4-18(28-22(34)17-5-3-13-27-17)23(35)30-20(14-15-6-8-16(31)9-7-15)24(36)29-19(25(37)38)10-11-21(32)33/h6-9,17-20,27,31H,1-5,10-14,26H2,(H,28,34)(H,29,36)(H,30,35)(H,32,33)(H,37,38)/t17-,18-,19-,20-/m0/s1. The van der Waals surface area contributed by atoms with Crippen LogP contribution in [-0.4, -0.2) is 82.2 Å². The Morgan fingerprint density at radius 1 is 0.921 bits per heavy atom. The predicted molar refractivity (Wildman–Crippen MR) is 136 cm³/mol. The van der Waals surface area contributed by atoms with Crippen molar-refractivity contribution in [2.75, 3.05) is 13.1 Å². The van der Waals surface area contributed by atoms with E-state index >= 15 is 0 Å². The van der Waals surface area contributed by atoms with E-state index in [0.29, 0.717) is 37.9 Å². The summed E-state index contributed by atoms with van der Waals surface area (Å²) in [5.74, 6) is -4.40. The molecular weight excluding hydrogens is 498 g/mol. The quantitative estimate of drug-likeness (QED) is 0.123. The van der Waals surface area contributed by atoms with Gasteiger partial charge < -0.3 is 42.3 Å². The molecule has 1 aromatic carbocycles. The average Bonchev–Trinajstić information content (AvgIpc) is 3.41. The van der Waals surface area contributed by atoms with Gasteiger partial charge in [0.25, 0.3) is 0 Å². The zero-order valence-electron chi connectivity index (χ0n) is 21.2. The lowest BCUT2D eigenvalue weighted by molar-refractivity contribution is -0.143. The van der Waals surface area contributed by atoms with Crippen molar-refractivity contribution >= 4 is 29.7 Å². The van der Waals surface area contributed by atoms with Crippen LogP contribution in [0.1, 0.15) is 50.5 Å². The molecule has 38 heavy (non-hydrogen) atoms. The van der Waals surface area contributed by atoms with Gasteiger partial charge in [-0.1, -0.05) is 12.1 Å². The minimum absolute atomic E-state index is 0.00148. The lowest BCUT2D eigenvalue weighted by Gasteiger charge is -2.25. The van der Waals surface area contributed by atoms with E-state index in [0.717, 1.165) is 6.42 Å². The van der Waals surface area contributed by atoms with Crippen LogP contribution in [0.25, 0.3) is 0 Å². The maximum atomic E-state index is 13.3. The average molecular weight is 536 g/mol. The maximum absolute atomic E-state index is 13.3. The van der Waals surface area contributed by atoms with E-state index in [9.17, 15) is 34.2 Å². The molecule has 0 saturated carbocycles. The van der Waals surface area contributed by atoms with Crippen LogP contribution in [0.15, 0.2) is 24.3 Å². The van der Waals surface area contributed by atoms with Gasteiger partial charge in [0.1, 0.15) is 23.9 Å². The first-order valence-corrected chi connectivity index (χ1v) is 12.7. The Morgan fingerprint density at radius 2 is 1.58 bits per heavy atom. The molecule has 1 fully saturated rings. The van der Waals surface area contributed by atoms with E-state index in [1.54, 1.807) is 12.1 Å². The smallest absolute Gasteiger partial charge is 0.326 e. The number of benzene rings is 1. The fourth-order valence-electron chi connectivity index (χ4n) is 4.09. The minimum Gasteiger partial charge on any atom is -0.508 e. The minimum atomic E-state index is -1.48. The Morgan fingerprint density at radius 3 is 2.16 bits per heavy atom. The fraction of sp³-hybridized carbons (Fsp3) is 0.560. The van der Waals surface area contributed by atoms with Crippen molar-refractivity contribution in [3.8, 4) is 5.75 Å². The Kier molecular flexibility index (Phi) is 12.5. The Bertz CT molecular complexity index is 965. The van der Waals surface area contributed by atoms with Gasteiger partial charge in [-0.3, -0.25) is 19.2 Å². The summed E-state index contributed by atoms with van der Waals surface area (Å²) >= 11 is 0. The molecule has 13 heteroatoms. The summed E-state index contributed by atoms with van der Waals surface area (Å²) in [6, 6.07) is 1.83. The molecule has 0 spiro atoms. The van der Waals surface area contributed by atoms with Gasteiger partial charge in [0.15, 0.2) is 0 Å². The highest BCUT2D eigenvalue weighted by Gasteiger charge is 2.31. The summed E-state index contributed by atoms with van der Waals surface area (Å²) < 4.78 is 0. The Hall–Kier alpha value is -3.71. The van der Waals surface area contributed by atoms with Gasteiger partial charge in [0, 0.05) is 12.8 Å². The number of rotatable bonds is 16. The van der Waals surface area contributed by atoms with Crippen LogP contribution in [0.4, 0.5) is 0 Å². The van der Waals surface area contributed by atoms with E-state index in [4.69, 9.17) is 10.8 Å². The molecule has 1 heterocycles. The number of hydrogen-bond acceptors (Lipinski definition) is 8. The number of nitrogens with two attached hydrogens (primary N) is 1. The number of carboxylic acids is 2. The van der Waals surface area contributed by atoms with Crippen LogP contribution in [0.2, 0.25) is 0 Å². The highest BCUT2D eigenvalue weighted by molar-refractivity contribution is 5.94. The summed E-state index contributed by atoms with van der Waals surface area (Å²) in [4.78, 5) is 61.6. The number of carbonyl (C=O) groups excluding carboxylic acids is 3. The first-order valence-electron chi connectivity index (χ1n) is 12.7. The third-order valence-corrected chi connectivity index (χ3v) is 6.23. The summed E-state index contributed by atoms with van der Waals surface area (Å²) in [6.07, 6.45) is 2.08. The van der Waals surface area contributed by atoms with E-state index in [2.05, 4.69) is 21.3 Å². The van der Waals surface area contributed by atoms with E-state index in [1.165, 1.54) is 12.1 Å². The van der Waals surface area contributed by atoms with Crippen LogP contribution in [0.5, 0.6) is 5.75 Å². The zero-order valence-corrected chi connectivity index (χ0v) is 21.2. The zero-order chi connectivity index (χ0) is 28.1. The number of unbranched alkanes of at least 4 members (excludes halogenated alkanes) is 1. The number of aliphatic carboxylic acids is 2. The van der Waals surface area contributed by atoms with Crippen molar-refractivity contribution in [1.29, 1.82) is 0 Å². The van der Waals surface area contributed by atoms with E-state index in [-0.39, 0.29) is 30.9 Å². The number of carbonyl (C=O) groups is 5. The van der Waals surface area contributed by atoms with Gasteiger partial charge in [-0.25, -0.2) is 4.79 Å². The van der Waals surface area contributed by atoms with Crippen LogP contribution in [0, 0.1) is 0 Å². The van der Waals surface area contributed by atoms with Crippen LogP contribution in [-0.2, 0) is 30.4 Å². The third-order valence-electron chi connectivity index (χ3n) is 6.23. The normalized spacial score (nSPS) is 17.1. The molecule has 0 aromatic heterocycles. The van der Waals surface area contributed by atoms with E-state index < -0.39 is 54.3 Å². The molecule has 2 rings (SSSR count). The lowest BCUT2D eigenvalue weighted by atomic mass is 10.0. The SMILES string of the molecule is NCCCC[C@H](NC(=O)[C@@H]1CCCN1)C(=O)N[C@@H](Cc1ccc(O)cc1)C(=O)N[C@@H](CCC(=O)O)C(=O)O. The van der Waals surface area contributed by atoms with Gasteiger partial charge >= 0.3 is 11.9 Å². The molecule has 0 aliphatic carbocycles. The second-order valence-corrected chi connectivity index (χ2v) is 9.26. The molecule has 210 valence electrons. The Labute approximate surface area is 220 Å². The van der Waals surface area contributed by atoms with Gasteiger partial charge in [-0.2, -0.15) is 0 Å². The highest BCUT2D eigenvalue weighted by atomic mass is 16.4. The lowest BCUT2D eigenvalue weighted by Crippen LogP contribution is -2.57. The number of phenolic OH excluding ortho intramolecular Hbond substituents is 1. The maximum Gasteiger partial charge on any atom is 0.326 e. The summed E-state index contributed by atoms with van der Waals surface area (Å²) in [6.45, 7) is 1.11. The number of nitrogens with one attached hydrogen (secondary N) is 4. The van der Waals surface area contributed by atoms with Crippen LogP contribution >= 0.6 is 0 Å². The third kappa shape index (κ3) is 10.3. The number of phenols is 1. The van der Waals surface area contributed by atoms with E-state index in [1.807, 2.05) is 0 Å². The van der Waals surface area contributed by atoms with Gasteiger partial charge in [0.2, 0.25) is 17.7 Å². The summed E-state index contributed by atoms with van der Waals surface area (Å²) in [5, 5.41) is 38.6. The first-order chi connectivity index (χ1) is 18.1. The molecule has 13 nitrogen and oxygen atoms in total. The molecule has 1 saturated heterocycles. The van der Waals surface area contributed by atoms with Gasteiger partial charge in [-0.05, 0) is 69.3 Å². The molecule has 0 radical (unpaired) electrons. The van der Waals surface area contributed by atoms with Crippen LogP contribution < -0.4 is 27.0 Å². The first kappa shape index (κ1) is 30.5. The largest absolute Gasteiger partial charge is 0.508 e. The fourth-order valence-corrected chi connectivity index (χ4v) is 4.09. The second kappa shape index (κ2) is 15.5. The molecule has 3 amide bonds. The number of hydrogen-bond donors (Lipinski definition) is 8. The molecular formula is C25H37N5O8. The van der Waals surface area contributed by atoms with Crippen LogP contribution in [0.3, 0.4) is 0 Å². The number of carboxylic acid groups (broad SMARTS) is 2. The summed E-state index contributed by atoms with van der Waals surface area (Å²) in [7, 11) is 0. The van der Waals surface area contributed by atoms with Gasteiger partial charge in [-0.15, -0.1) is 0 Å². The molecule has 1 aromatic rings.